The molecule has 4 rings (SSSR count). The van der Waals surface area contributed by atoms with Gasteiger partial charge in [0.1, 0.15) is 0 Å². The Labute approximate surface area is 184 Å². The third-order valence-electron chi connectivity index (χ3n) is 4.70. The van der Waals surface area contributed by atoms with Crippen molar-refractivity contribution in [1.29, 1.82) is 0 Å². The van der Waals surface area contributed by atoms with E-state index < -0.39 is 5.91 Å². The van der Waals surface area contributed by atoms with Crippen LogP contribution in [0, 0.1) is 0 Å². The second-order valence-corrected chi connectivity index (χ2v) is 7.77. The summed E-state index contributed by atoms with van der Waals surface area (Å²) in [6.07, 6.45) is 0.0883. The topological polar surface area (TPSA) is 95.6 Å². The van der Waals surface area contributed by atoms with Crippen molar-refractivity contribution in [1.82, 2.24) is 15.8 Å². The molecule has 0 spiro atoms. The van der Waals surface area contributed by atoms with Crippen molar-refractivity contribution >= 4 is 39.7 Å². The van der Waals surface area contributed by atoms with Gasteiger partial charge in [0.15, 0.2) is 5.13 Å². The number of para-hydroxylation sites is 2. The minimum Gasteiger partial charge on any atom is -0.378 e. The Morgan fingerprint density at radius 1 is 1.00 bits per heavy atom. The highest BCUT2D eigenvalue weighted by Gasteiger charge is 2.17. The molecule has 0 bridgehead atoms. The summed E-state index contributed by atoms with van der Waals surface area (Å²) in [4.78, 5) is 31.6. The fraction of sp³-hybridized carbons (Fsp3) is 0.227. The Morgan fingerprint density at radius 2 is 1.74 bits per heavy atom. The SMILES string of the molecule is O=C(Cc1csc(N2CCOCC2)n1)NNC(=O)c1ccccc1Nc1ccccc1. The molecule has 3 N–H and O–H groups in total. The van der Waals surface area contributed by atoms with Crippen molar-refractivity contribution in [2.24, 2.45) is 0 Å². The van der Waals surface area contributed by atoms with Crippen molar-refractivity contribution < 1.29 is 14.3 Å². The summed E-state index contributed by atoms with van der Waals surface area (Å²) in [6, 6.07) is 16.7. The molecule has 1 aliphatic heterocycles. The number of thiazole rings is 1. The van der Waals surface area contributed by atoms with E-state index in [1.54, 1.807) is 12.1 Å². The molecule has 8 nitrogen and oxygen atoms in total. The maximum atomic E-state index is 12.6. The fourth-order valence-electron chi connectivity index (χ4n) is 3.15. The van der Waals surface area contributed by atoms with Crippen LogP contribution in [-0.2, 0) is 16.0 Å². The maximum Gasteiger partial charge on any atom is 0.271 e. The summed E-state index contributed by atoms with van der Waals surface area (Å²) in [5.74, 6) is -0.736. The summed E-state index contributed by atoms with van der Waals surface area (Å²) in [5.41, 5.74) is 7.57. The highest BCUT2D eigenvalue weighted by Crippen LogP contribution is 2.22. The number of aromatic nitrogens is 1. The monoisotopic (exact) mass is 437 g/mol. The molecule has 2 amide bonds. The zero-order valence-electron chi connectivity index (χ0n) is 16.8. The molecule has 2 aromatic carbocycles. The smallest absolute Gasteiger partial charge is 0.271 e. The van der Waals surface area contributed by atoms with Gasteiger partial charge in [-0.15, -0.1) is 11.3 Å². The summed E-state index contributed by atoms with van der Waals surface area (Å²) in [7, 11) is 0. The molecule has 1 fully saturated rings. The molecule has 0 aliphatic carbocycles. The Kier molecular flexibility index (Phi) is 6.75. The quantitative estimate of drug-likeness (QED) is 0.513. The summed E-state index contributed by atoms with van der Waals surface area (Å²) in [6.45, 7) is 2.96. The van der Waals surface area contributed by atoms with Crippen molar-refractivity contribution in [3.05, 3.63) is 71.2 Å². The van der Waals surface area contributed by atoms with Crippen LogP contribution < -0.4 is 21.1 Å². The molecule has 0 radical (unpaired) electrons. The Hall–Kier alpha value is -3.43. The van der Waals surface area contributed by atoms with Gasteiger partial charge in [-0.1, -0.05) is 30.3 Å². The number of carbonyl (C=O) groups excluding carboxylic acids is 2. The van der Waals surface area contributed by atoms with Crippen molar-refractivity contribution in [3.63, 3.8) is 0 Å². The van der Waals surface area contributed by atoms with Crippen LogP contribution in [0.15, 0.2) is 60.0 Å². The zero-order valence-corrected chi connectivity index (χ0v) is 17.7. The van der Waals surface area contributed by atoms with Gasteiger partial charge in [0.25, 0.3) is 5.91 Å². The number of hydrogen-bond acceptors (Lipinski definition) is 7. The van der Waals surface area contributed by atoms with E-state index in [1.807, 2.05) is 47.8 Å². The first kappa shape index (κ1) is 20.8. The van der Waals surface area contributed by atoms with Gasteiger partial charge in [0.05, 0.1) is 36.6 Å². The van der Waals surface area contributed by atoms with Crippen LogP contribution in [0.5, 0.6) is 0 Å². The lowest BCUT2D eigenvalue weighted by Gasteiger charge is -2.26. The number of ether oxygens (including phenoxy) is 1. The first-order valence-electron chi connectivity index (χ1n) is 9.96. The van der Waals surface area contributed by atoms with E-state index in [0.29, 0.717) is 30.2 Å². The van der Waals surface area contributed by atoms with Gasteiger partial charge in [0, 0.05) is 24.2 Å². The minimum absolute atomic E-state index is 0.0883. The van der Waals surface area contributed by atoms with Gasteiger partial charge < -0.3 is 15.0 Å². The molecule has 3 aromatic rings. The van der Waals surface area contributed by atoms with Gasteiger partial charge in [0.2, 0.25) is 5.91 Å². The molecule has 2 heterocycles. The number of hydrazine groups is 1. The lowest BCUT2D eigenvalue weighted by Crippen LogP contribution is -2.42. The second kappa shape index (κ2) is 10.1. The first-order chi connectivity index (χ1) is 15.2. The number of nitrogens with one attached hydrogen (secondary N) is 3. The van der Waals surface area contributed by atoms with Gasteiger partial charge in [-0.05, 0) is 24.3 Å². The van der Waals surface area contributed by atoms with E-state index in [4.69, 9.17) is 4.74 Å². The summed E-state index contributed by atoms with van der Waals surface area (Å²) < 4.78 is 5.35. The zero-order chi connectivity index (χ0) is 21.5. The number of anilines is 3. The van der Waals surface area contributed by atoms with E-state index in [9.17, 15) is 9.59 Å². The molecule has 1 aliphatic rings. The Bertz CT molecular complexity index is 1030. The molecule has 0 atom stereocenters. The fourth-order valence-corrected chi connectivity index (χ4v) is 4.03. The summed E-state index contributed by atoms with van der Waals surface area (Å²) in [5, 5.41) is 5.97. The first-order valence-corrected chi connectivity index (χ1v) is 10.8. The molecule has 9 heteroatoms. The highest BCUT2D eigenvalue weighted by molar-refractivity contribution is 7.13. The number of rotatable bonds is 6. The second-order valence-electron chi connectivity index (χ2n) is 6.94. The molecular weight excluding hydrogens is 414 g/mol. The average Bonchev–Trinajstić information content (AvgIpc) is 3.27. The lowest BCUT2D eigenvalue weighted by molar-refractivity contribution is -0.121. The molecule has 0 unspecified atom stereocenters. The van der Waals surface area contributed by atoms with E-state index in [1.165, 1.54) is 11.3 Å². The number of benzene rings is 2. The van der Waals surface area contributed by atoms with Gasteiger partial charge in [-0.25, -0.2) is 4.98 Å². The minimum atomic E-state index is -0.403. The van der Waals surface area contributed by atoms with Crippen molar-refractivity contribution in [3.8, 4) is 0 Å². The summed E-state index contributed by atoms with van der Waals surface area (Å²) >= 11 is 1.51. The molecule has 160 valence electrons. The van der Waals surface area contributed by atoms with E-state index in [2.05, 4.69) is 26.1 Å². The van der Waals surface area contributed by atoms with Crippen molar-refractivity contribution in [2.75, 3.05) is 36.5 Å². The standard InChI is InChI=1S/C22H23N5O3S/c28-20(14-17-15-31-22(24-17)27-10-12-30-13-11-27)25-26-21(29)18-8-4-5-9-19(18)23-16-6-2-1-3-7-16/h1-9,15,23H,10-14H2,(H,25,28)(H,26,29). The number of carbonyl (C=O) groups is 2. The number of morpholine rings is 1. The van der Waals surface area contributed by atoms with Crippen molar-refractivity contribution in [2.45, 2.75) is 6.42 Å². The average molecular weight is 438 g/mol. The predicted molar refractivity (Wildman–Crippen MR) is 121 cm³/mol. The van der Waals surface area contributed by atoms with Crippen LogP contribution in [0.3, 0.4) is 0 Å². The molecule has 31 heavy (non-hydrogen) atoms. The van der Waals surface area contributed by atoms with Crippen LogP contribution in [0.1, 0.15) is 16.1 Å². The molecule has 1 saturated heterocycles. The highest BCUT2D eigenvalue weighted by atomic mass is 32.1. The van der Waals surface area contributed by atoms with Crippen LogP contribution >= 0.6 is 11.3 Å². The third kappa shape index (κ3) is 5.59. The van der Waals surface area contributed by atoms with Gasteiger partial charge in [-0.2, -0.15) is 0 Å². The number of amides is 2. The number of hydrogen-bond donors (Lipinski definition) is 3. The number of nitrogens with zero attached hydrogens (tertiary/aromatic N) is 2. The van der Waals surface area contributed by atoms with Crippen LogP contribution in [-0.4, -0.2) is 43.1 Å². The Balaban J connectivity index is 1.32. The van der Waals surface area contributed by atoms with Crippen LogP contribution in [0.4, 0.5) is 16.5 Å². The maximum absolute atomic E-state index is 12.6. The predicted octanol–water partition coefficient (Wildman–Crippen LogP) is 2.73. The van der Waals surface area contributed by atoms with Gasteiger partial charge >= 0.3 is 0 Å². The molecular formula is C22H23N5O3S. The Morgan fingerprint density at radius 3 is 2.55 bits per heavy atom. The van der Waals surface area contributed by atoms with E-state index in [0.717, 1.165) is 23.9 Å². The van der Waals surface area contributed by atoms with Crippen LogP contribution in [0.2, 0.25) is 0 Å². The molecule has 0 saturated carbocycles. The third-order valence-corrected chi connectivity index (χ3v) is 5.65. The largest absolute Gasteiger partial charge is 0.378 e. The van der Waals surface area contributed by atoms with E-state index >= 15 is 0 Å². The van der Waals surface area contributed by atoms with Crippen LogP contribution in [0.25, 0.3) is 0 Å². The van der Waals surface area contributed by atoms with E-state index in [-0.39, 0.29) is 12.3 Å². The lowest BCUT2D eigenvalue weighted by atomic mass is 10.1. The normalized spacial score (nSPS) is 13.5. The molecule has 1 aromatic heterocycles. The van der Waals surface area contributed by atoms with Gasteiger partial charge in [-0.3, -0.25) is 20.4 Å².